The molecule has 3 aliphatic rings. The average molecular weight is 485 g/mol. The van der Waals surface area contributed by atoms with Gasteiger partial charge in [0.2, 0.25) is 5.91 Å². The quantitative estimate of drug-likeness (QED) is 0.695. The number of likely N-dealkylation sites (tertiary alicyclic amines) is 1. The van der Waals surface area contributed by atoms with Crippen LogP contribution in [-0.2, 0) is 9.53 Å². The number of nitrogens with one attached hydrogen (secondary N) is 1. The minimum absolute atomic E-state index is 0.0292. The molecule has 2 heterocycles. The number of amides is 3. The van der Waals surface area contributed by atoms with Gasteiger partial charge < -0.3 is 19.9 Å². The SMILES string of the molecule is CC(C)(C)OC(=O)N1CCN(CCNC(=O)C2CC3CCCCC3N2C(=O)c2ccccc2)CC1. The van der Waals surface area contributed by atoms with Crippen molar-refractivity contribution in [1.82, 2.24) is 20.0 Å². The van der Waals surface area contributed by atoms with Gasteiger partial charge >= 0.3 is 6.09 Å². The maximum atomic E-state index is 13.4. The third-order valence-corrected chi connectivity index (χ3v) is 7.40. The van der Waals surface area contributed by atoms with Crippen LogP contribution in [0.3, 0.4) is 0 Å². The van der Waals surface area contributed by atoms with E-state index in [0.29, 0.717) is 31.1 Å². The number of hydrogen-bond acceptors (Lipinski definition) is 5. The molecule has 3 amide bonds. The van der Waals surface area contributed by atoms with E-state index in [4.69, 9.17) is 4.74 Å². The van der Waals surface area contributed by atoms with E-state index in [1.54, 1.807) is 4.90 Å². The van der Waals surface area contributed by atoms with Gasteiger partial charge in [-0.05, 0) is 58.1 Å². The van der Waals surface area contributed by atoms with Crippen molar-refractivity contribution in [2.75, 3.05) is 39.3 Å². The van der Waals surface area contributed by atoms with E-state index in [9.17, 15) is 14.4 Å². The van der Waals surface area contributed by atoms with Gasteiger partial charge in [-0.25, -0.2) is 4.79 Å². The molecule has 0 radical (unpaired) electrons. The first-order valence-electron chi connectivity index (χ1n) is 13.1. The van der Waals surface area contributed by atoms with Crippen LogP contribution in [0.15, 0.2) is 30.3 Å². The molecule has 0 aromatic heterocycles. The highest BCUT2D eigenvalue weighted by Crippen LogP contribution is 2.40. The molecule has 1 aromatic rings. The summed E-state index contributed by atoms with van der Waals surface area (Å²) in [6.07, 6.45) is 4.85. The Morgan fingerprint density at radius 3 is 2.37 bits per heavy atom. The zero-order valence-electron chi connectivity index (χ0n) is 21.4. The van der Waals surface area contributed by atoms with Gasteiger partial charge in [-0.15, -0.1) is 0 Å². The highest BCUT2D eigenvalue weighted by Gasteiger charge is 2.47. The zero-order valence-corrected chi connectivity index (χ0v) is 21.4. The Labute approximate surface area is 209 Å². The summed E-state index contributed by atoms with van der Waals surface area (Å²) in [5.74, 6) is 0.336. The molecule has 35 heavy (non-hydrogen) atoms. The van der Waals surface area contributed by atoms with Crippen molar-refractivity contribution in [2.45, 2.75) is 70.6 Å². The first kappa shape index (κ1) is 25.5. The molecule has 0 bridgehead atoms. The van der Waals surface area contributed by atoms with E-state index in [2.05, 4.69) is 10.2 Å². The molecule has 0 spiro atoms. The fourth-order valence-corrected chi connectivity index (χ4v) is 5.65. The molecule has 1 aliphatic carbocycles. The standard InChI is InChI=1S/C27H40N4O4/c1-27(2,3)35-26(34)30-17-15-29(16-18-30)14-13-28-24(32)23-19-21-11-7-8-12-22(21)31(23)25(33)20-9-5-4-6-10-20/h4-6,9-10,21-23H,7-8,11-19H2,1-3H3,(H,28,32). The van der Waals surface area contributed by atoms with Crippen molar-refractivity contribution in [3.63, 3.8) is 0 Å². The van der Waals surface area contributed by atoms with Crippen LogP contribution in [-0.4, -0.2) is 89.6 Å². The van der Waals surface area contributed by atoms with E-state index in [-0.39, 0.29) is 23.9 Å². The summed E-state index contributed by atoms with van der Waals surface area (Å²) < 4.78 is 5.46. The third kappa shape index (κ3) is 6.34. The molecule has 8 heteroatoms. The molecule has 1 saturated carbocycles. The number of hydrogen-bond donors (Lipinski definition) is 1. The van der Waals surface area contributed by atoms with Gasteiger partial charge in [0.05, 0.1) is 0 Å². The van der Waals surface area contributed by atoms with Crippen molar-refractivity contribution in [3.05, 3.63) is 35.9 Å². The Balaban J connectivity index is 1.29. The number of piperazine rings is 1. The lowest BCUT2D eigenvalue weighted by molar-refractivity contribution is -0.125. The van der Waals surface area contributed by atoms with Crippen LogP contribution in [0.5, 0.6) is 0 Å². The van der Waals surface area contributed by atoms with Crippen LogP contribution >= 0.6 is 0 Å². The second kappa shape index (κ2) is 11.0. The lowest BCUT2D eigenvalue weighted by Crippen LogP contribution is -2.53. The average Bonchev–Trinajstić information content (AvgIpc) is 3.23. The van der Waals surface area contributed by atoms with Crippen molar-refractivity contribution in [2.24, 2.45) is 5.92 Å². The van der Waals surface area contributed by atoms with Crippen LogP contribution < -0.4 is 5.32 Å². The van der Waals surface area contributed by atoms with Gasteiger partial charge in [-0.1, -0.05) is 31.0 Å². The van der Waals surface area contributed by atoms with Crippen molar-refractivity contribution >= 4 is 17.9 Å². The lowest BCUT2D eigenvalue weighted by atomic mass is 9.84. The van der Waals surface area contributed by atoms with Crippen molar-refractivity contribution in [1.29, 1.82) is 0 Å². The topological polar surface area (TPSA) is 82.2 Å². The number of ether oxygens (including phenoxy) is 1. The molecule has 3 atom stereocenters. The molecule has 4 rings (SSSR count). The van der Waals surface area contributed by atoms with E-state index >= 15 is 0 Å². The smallest absolute Gasteiger partial charge is 0.410 e. The summed E-state index contributed by atoms with van der Waals surface area (Å²) >= 11 is 0. The Morgan fingerprint density at radius 1 is 1.00 bits per heavy atom. The summed E-state index contributed by atoms with van der Waals surface area (Å²) in [5, 5.41) is 3.10. The summed E-state index contributed by atoms with van der Waals surface area (Å²) in [7, 11) is 0. The van der Waals surface area contributed by atoms with Gasteiger partial charge in [0.1, 0.15) is 11.6 Å². The second-order valence-corrected chi connectivity index (χ2v) is 11.0. The lowest BCUT2D eigenvalue weighted by Gasteiger charge is -2.35. The van der Waals surface area contributed by atoms with Gasteiger partial charge in [0.25, 0.3) is 5.91 Å². The molecule has 8 nitrogen and oxygen atoms in total. The van der Waals surface area contributed by atoms with Crippen LogP contribution in [0.2, 0.25) is 0 Å². The predicted octanol–water partition coefficient (Wildman–Crippen LogP) is 3.13. The number of carbonyl (C=O) groups is 3. The molecule has 3 unspecified atom stereocenters. The third-order valence-electron chi connectivity index (χ3n) is 7.40. The molecule has 2 saturated heterocycles. The second-order valence-electron chi connectivity index (χ2n) is 11.0. The van der Waals surface area contributed by atoms with Gasteiger partial charge in [0.15, 0.2) is 0 Å². The predicted molar refractivity (Wildman–Crippen MR) is 134 cm³/mol. The van der Waals surface area contributed by atoms with Crippen LogP contribution in [0.4, 0.5) is 4.79 Å². The molecular formula is C27H40N4O4. The first-order valence-corrected chi connectivity index (χ1v) is 13.1. The summed E-state index contributed by atoms with van der Waals surface area (Å²) in [4.78, 5) is 44.8. The minimum atomic E-state index is -0.494. The van der Waals surface area contributed by atoms with Gasteiger partial charge in [-0.3, -0.25) is 14.5 Å². The maximum Gasteiger partial charge on any atom is 0.410 e. The largest absolute Gasteiger partial charge is 0.444 e. The molecular weight excluding hydrogens is 444 g/mol. The minimum Gasteiger partial charge on any atom is -0.444 e. The van der Waals surface area contributed by atoms with Gasteiger partial charge in [0, 0.05) is 50.9 Å². The van der Waals surface area contributed by atoms with Crippen LogP contribution in [0.1, 0.15) is 63.2 Å². The number of rotatable bonds is 5. The molecule has 2 aliphatic heterocycles. The number of carbonyl (C=O) groups excluding carboxylic acids is 3. The highest BCUT2D eigenvalue weighted by molar-refractivity contribution is 5.98. The number of fused-ring (bicyclic) bond motifs is 1. The van der Waals surface area contributed by atoms with E-state index < -0.39 is 11.6 Å². The van der Waals surface area contributed by atoms with Crippen LogP contribution in [0.25, 0.3) is 0 Å². The Morgan fingerprint density at radius 2 is 1.69 bits per heavy atom. The summed E-state index contributed by atoms with van der Waals surface area (Å²) in [6, 6.07) is 9.09. The Bertz CT molecular complexity index is 892. The fraction of sp³-hybridized carbons (Fsp3) is 0.667. The molecule has 3 fully saturated rings. The monoisotopic (exact) mass is 484 g/mol. The van der Waals surface area contributed by atoms with Crippen molar-refractivity contribution < 1.29 is 19.1 Å². The normalized spacial score (nSPS) is 25.2. The van der Waals surface area contributed by atoms with E-state index in [1.165, 1.54) is 6.42 Å². The van der Waals surface area contributed by atoms with E-state index in [0.717, 1.165) is 45.3 Å². The number of nitrogens with zero attached hydrogens (tertiary/aromatic N) is 3. The summed E-state index contributed by atoms with van der Waals surface area (Å²) in [5.41, 5.74) is 0.158. The molecule has 1 aromatic carbocycles. The Kier molecular flexibility index (Phi) is 7.99. The highest BCUT2D eigenvalue weighted by atomic mass is 16.6. The van der Waals surface area contributed by atoms with E-state index in [1.807, 2.05) is 56.0 Å². The maximum absolute atomic E-state index is 13.4. The van der Waals surface area contributed by atoms with Crippen LogP contribution in [0, 0.1) is 5.92 Å². The fourth-order valence-electron chi connectivity index (χ4n) is 5.65. The first-order chi connectivity index (χ1) is 16.7. The number of benzene rings is 1. The summed E-state index contributed by atoms with van der Waals surface area (Å²) in [6.45, 7) is 9.61. The molecule has 1 N–H and O–H groups in total. The molecule has 192 valence electrons. The Hall–Kier alpha value is -2.61. The zero-order chi connectivity index (χ0) is 25.0. The van der Waals surface area contributed by atoms with Gasteiger partial charge in [-0.2, -0.15) is 0 Å². The van der Waals surface area contributed by atoms with Crippen molar-refractivity contribution in [3.8, 4) is 0 Å².